The van der Waals surface area contributed by atoms with E-state index in [1.54, 1.807) is 6.08 Å². The van der Waals surface area contributed by atoms with Crippen LogP contribution in [0.15, 0.2) is 49.1 Å². The van der Waals surface area contributed by atoms with Gasteiger partial charge in [0.2, 0.25) is 0 Å². The molecule has 26 heavy (non-hydrogen) atoms. The van der Waals surface area contributed by atoms with Gasteiger partial charge in [0.25, 0.3) is 7.37 Å². The van der Waals surface area contributed by atoms with Crippen molar-refractivity contribution in [2.24, 2.45) is 0 Å². The zero-order chi connectivity index (χ0) is 19.2. The van der Waals surface area contributed by atoms with E-state index in [4.69, 9.17) is 4.52 Å². The third-order valence-corrected chi connectivity index (χ3v) is 7.23. The second-order valence-corrected chi connectivity index (χ2v) is 8.93. The summed E-state index contributed by atoms with van der Waals surface area (Å²) in [5, 5.41) is 0.832. The van der Waals surface area contributed by atoms with E-state index >= 15 is 0 Å². The highest BCUT2D eigenvalue weighted by Gasteiger charge is 2.29. The summed E-state index contributed by atoms with van der Waals surface area (Å²) in [6, 6.07) is 12.4. The smallest absolute Gasteiger partial charge is 0.281 e. The van der Waals surface area contributed by atoms with Crippen LogP contribution in [0.1, 0.15) is 49.9 Å². The number of allylic oxidation sites excluding steroid dienone is 1. The Morgan fingerprint density at radius 2 is 1.46 bits per heavy atom. The first-order chi connectivity index (χ1) is 12.5. The topological polar surface area (TPSA) is 26.3 Å². The van der Waals surface area contributed by atoms with Gasteiger partial charge in [-0.1, -0.05) is 58.0 Å². The normalized spacial score (nSPS) is 13.2. The van der Waals surface area contributed by atoms with Crippen LogP contribution in [0, 0.1) is 0 Å². The maximum absolute atomic E-state index is 13.9. The summed E-state index contributed by atoms with van der Waals surface area (Å²) in [5.74, 6) is 0.733. The molecule has 3 heteroatoms. The first-order valence-corrected chi connectivity index (χ1v) is 11.5. The summed E-state index contributed by atoms with van der Waals surface area (Å²) in [5.41, 5.74) is 4.75. The lowest BCUT2D eigenvalue weighted by atomic mass is 10.1. The standard InChI is InChI=1S/C23H31O2P/c1-6-15-26(24,23-14-12-19(8-3)17-21(23)10-5)25-22-13-11-18(7-2)16-20(22)9-4/h6,11-14,16-17H,1,7-10,15H2,2-5H3. The molecule has 2 aromatic carbocycles. The van der Waals surface area contributed by atoms with Crippen LogP contribution in [-0.2, 0) is 30.2 Å². The SMILES string of the molecule is C=CCP(=O)(Oc1ccc(CC)cc1CC)c1ccc(CC)cc1CC. The number of rotatable bonds is 9. The van der Waals surface area contributed by atoms with E-state index in [1.165, 1.54) is 11.1 Å². The fourth-order valence-electron chi connectivity index (χ4n) is 3.21. The predicted octanol–water partition coefficient (Wildman–Crippen LogP) is 6.10. The van der Waals surface area contributed by atoms with E-state index in [0.717, 1.165) is 47.9 Å². The highest BCUT2D eigenvalue weighted by Crippen LogP contribution is 2.48. The van der Waals surface area contributed by atoms with Gasteiger partial charge in [0.1, 0.15) is 5.75 Å². The van der Waals surface area contributed by atoms with Gasteiger partial charge in [0, 0.05) is 0 Å². The predicted molar refractivity (Wildman–Crippen MR) is 113 cm³/mol. The molecular weight excluding hydrogens is 339 g/mol. The van der Waals surface area contributed by atoms with Gasteiger partial charge in [0.15, 0.2) is 0 Å². The zero-order valence-corrected chi connectivity index (χ0v) is 17.4. The van der Waals surface area contributed by atoms with E-state index in [0.29, 0.717) is 6.16 Å². The summed E-state index contributed by atoms with van der Waals surface area (Å²) in [4.78, 5) is 0. The number of benzene rings is 2. The molecular formula is C23H31O2P. The van der Waals surface area contributed by atoms with E-state index in [-0.39, 0.29) is 0 Å². The van der Waals surface area contributed by atoms with Crippen molar-refractivity contribution < 1.29 is 9.09 Å². The van der Waals surface area contributed by atoms with E-state index in [9.17, 15) is 4.57 Å². The van der Waals surface area contributed by atoms with Crippen LogP contribution < -0.4 is 9.83 Å². The summed E-state index contributed by atoms with van der Waals surface area (Å²) < 4.78 is 20.1. The molecule has 0 aliphatic rings. The van der Waals surface area contributed by atoms with Crippen molar-refractivity contribution in [2.75, 3.05) is 6.16 Å². The second-order valence-electron chi connectivity index (χ2n) is 6.56. The Morgan fingerprint density at radius 1 is 0.885 bits per heavy atom. The molecule has 2 aromatic rings. The Bertz CT molecular complexity index is 808. The van der Waals surface area contributed by atoms with Crippen LogP contribution in [0.4, 0.5) is 0 Å². The fraction of sp³-hybridized carbons (Fsp3) is 0.391. The Labute approximate surface area is 158 Å². The van der Waals surface area contributed by atoms with Gasteiger partial charge < -0.3 is 4.52 Å². The molecule has 0 spiro atoms. The molecule has 0 radical (unpaired) electrons. The molecule has 0 aromatic heterocycles. The van der Waals surface area contributed by atoms with Crippen molar-refractivity contribution in [3.05, 3.63) is 71.3 Å². The molecule has 2 nitrogen and oxygen atoms in total. The van der Waals surface area contributed by atoms with Gasteiger partial charge >= 0.3 is 0 Å². The molecule has 1 atom stereocenters. The van der Waals surface area contributed by atoms with E-state index in [2.05, 4.69) is 58.5 Å². The first kappa shape index (κ1) is 20.5. The summed E-state index contributed by atoms with van der Waals surface area (Å²) in [7, 11) is -3.06. The zero-order valence-electron chi connectivity index (χ0n) is 16.5. The molecule has 140 valence electrons. The summed E-state index contributed by atoms with van der Waals surface area (Å²) >= 11 is 0. The largest absolute Gasteiger partial charge is 0.439 e. The molecule has 0 amide bonds. The van der Waals surface area contributed by atoms with E-state index in [1.807, 2.05) is 12.1 Å². The summed E-state index contributed by atoms with van der Waals surface area (Å²) in [6.07, 6.45) is 5.69. The lowest BCUT2D eigenvalue weighted by Crippen LogP contribution is -2.17. The molecule has 0 bridgehead atoms. The van der Waals surface area contributed by atoms with Crippen molar-refractivity contribution in [1.82, 2.24) is 0 Å². The van der Waals surface area contributed by atoms with Gasteiger partial charge in [-0.25, -0.2) is 0 Å². The number of hydrogen-bond donors (Lipinski definition) is 0. The Kier molecular flexibility index (Phi) is 7.29. The summed E-state index contributed by atoms with van der Waals surface area (Å²) in [6.45, 7) is 12.3. The van der Waals surface area contributed by atoms with Crippen molar-refractivity contribution in [3.8, 4) is 5.75 Å². The van der Waals surface area contributed by atoms with Crippen molar-refractivity contribution in [3.63, 3.8) is 0 Å². The van der Waals surface area contributed by atoms with Crippen LogP contribution in [0.25, 0.3) is 0 Å². The maximum atomic E-state index is 13.9. The van der Waals surface area contributed by atoms with Crippen molar-refractivity contribution >= 4 is 12.7 Å². The lowest BCUT2D eigenvalue weighted by Gasteiger charge is -2.23. The van der Waals surface area contributed by atoms with Crippen LogP contribution in [0.5, 0.6) is 5.75 Å². The molecule has 1 unspecified atom stereocenters. The second kappa shape index (κ2) is 9.24. The molecule has 0 saturated carbocycles. The maximum Gasteiger partial charge on any atom is 0.281 e. The average Bonchev–Trinajstić information content (AvgIpc) is 2.67. The monoisotopic (exact) mass is 370 g/mol. The minimum absolute atomic E-state index is 0.337. The first-order valence-electron chi connectivity index (χ1n) is 9.64. The Morgan fingerprint density at radius 3 is 2.00 bits per heavy atom. The highest BCUT2D eigenvalue weighted by atomic mass is 31.2. The number of hydrogen-bond acceptors (Lipinski definition) is 2. The Balaban J connectivity index is 2.51. The van der Waals surface area contributed by atoms with Crippen LogP contribution >= 0.6 is 7.37 Å². The van der Waals surface area contributed by atoms with Gasteiger partial charge in [-0.3, -0.25) is 4.57 Å². The molecule has 2 rings (SSSR count). The van der Waals surface area contributed by atoms with E-state index < -0.39 is 7.37 Å². The molecule has 0 heterocycles. The van der Waals surface area contributed by atoms with Crippen LogP contribution in [-0.4, -0.2) is 6.16 Å². The van der Waals surface area contributed by atoms with Gasteiger partial charge in [-0.15, -0.1) is 6.58 Å². The fourth-order valence-corrected chi connectivity index (χ4v) is 5.37. The van der Waals surface area contributed by atoms with Gasteiger partial charge in [-0.2, -0.15) is 0 Å². The highest BCUT2D eigenvalue weighted by molar-refractivity contribution is 7.67. The van der Waals surface area contributed by atoms with Crippen molar-refractivity contribution in [1.29, 1.82) is 0 Å². The van der Waals surface area contributed by atoms with Crippen molar-refractivity contribution in [2.45, 2.75) is 53.4 Å². The van der Waals surface area contributed by atoms with Gasteiger partial charge in [0.05, 0.1) is 11.5 Å². The Hall–Kier alpha value is -1.79. The third kappa shape index (κ3) is 4.48. The molecule has 0 aliphatic heterocycles. The minimum Gasteiger partial charge on any atom is -0.439 e. The van der Waals surface area contributed by atoms with Gasteiger partial charge in [-0.05, 0) is 60.1 Å². The lowest BCUT2D eigenvalue weighted by molar-refractivity contribution is 0.492. The average molecular weight is 370 g/mol. The van der Waals surface area contributed by atoms with Crippen LogP contribution in [0.3, 0.4) is 0 Å². The molecule has 0 aliphatic carbocycles. The molecule has 0 saturated heterocycles. The quantitative estimate of drug-likeness (QED) is 0.393. The molecule has 0 fully saturated rings. The van der Waals surface area contributed by atoms with Crippen LogP contribution in [0.2, 0.25) is 0 Å². The third-order valence-electron chi connectivity index (χ3n) is 4.83. The number of aryl methyl sites for hydroxylation is 4. The minimum atomic E-state index is -3.06. The molecule has 0 N–H and O–H groups in total.